The van der Waals surface area contributed by atoms with Gasteiger partial charge in [0.15, 0.2) is 0 Å². The van der Waals surface area contributed by atoms with E-state index < -0.39 is 0 Å². The maximum absolute atomic E-state index is 5.69. The van der Waals surface area contributed by atoms with Crippen LogP contribution in [0.5, 0.6) is 0 Å². The summed E-state index contributed by atoms with van der Waals surface area (Å²) in [5.41, 5.74) is 3.43. The Kier molecular flexibility index (Phi) is 8.01. The highest BCUT2D eigenvalue weighted by molar-refractivity contribution is 7.99. The van der Waals surface area contributed by atoms with Crippen molar-refractivity contribution in [3.8, 4) is 0 Å². The minimum absolute atomic E-state index is 0.148. The van der Waals surface area contributed by atoms with E-state index in [1.807, 2.05) is 7.05 Å². The van der Waals surface area contributed by atoms with Crippen LogP contribution in [0.1, 0.15) is 45.2 Å². The summed E-state index contributed by atoms with van der Waals surface area (Å²) in [7, 11) is 1.96. The quantitative estimate of drug-likeness (QED) is 0.446. The molecule has 118 valence electrons. The van der Waals surface area contributed by atoms with E-state index in [-0.39, 0.29) is 4.75 Å². The number of nitrogens with one attached hydrogen (secondary N) is 1. The van der Waals surface area contributed by atoms with Crippen LogP contribution in [-0.4, -0.2) is 30.7 Å². The summed E-state index contributed by atoms with van der Waals surface area (Å²) in [6, 6.07) is 8.45. The van der Waals surface area contributed by atoms with Crippen molar-refractivity contribution in [2.24, 2.45) is 4.40 Å². The van der Waals surface area contributed by atoms with Gasteiger partial charge in [-0.25, -0.2) is 4.40 Å². The SMILES string of the molecule is CNCCCOCc1cccc(/C(C)=N\SC(C)(C)C)c1. The molecule has 1 aromatic rings. The third-order valence-electron chi connectivity index (χ3n) is 2.79. The molecule has 3 nitrogen and oxygen atoms in total. The monoisotopic (exact) mass is 308 g/mol. The van der Waals surface area contributed by atoms with Crippen LogP contribution in [0.2, 0.25) is 0 Å². The lowest BCUT2D eigenvalue weighted by molar-refractivity contribution is 0.119. The van der Waals surface area contributed by atoms with Gasteiger partial charge in [0.2, 0.25) is 0 Å². The van der Waals surface area contributed by atoms with Crippen molar-refractivity contribution in [3.63, 3.8) is 0 Å². The van der Waals surface area contributed by atoms with Gasteiger partial charge in [-0.3, -0.25) is 0 Å². The molecule has 0 aromatic heterocycles. The first-order chi connectivity index (χ1) is 9.92. The molecule has 0 radical (unpaired) electrons. The summed E-state index contributed by atoms with van der Waals surface area (Å²) < 4.78 is 10.4. The highest BCUT2D eigenvalue weighted by Crippen LogP contribution is 2.25. The van der Waals surface area contributed by atoms with Crippen LogP contribution in [0.25, 0.3) is 0 Å². The number of hydrogen-bond acceptors (Lipinski definition) is 4. The molecule has 0 bridgehead atoms. The molecule has 4 heteroatoms. The topological polar surface area (TPSA) is 33.6 Å². The molecule has 21 heavy (non-hydrogen) atoms. The van der Waals surface area contributed by atoms with Gasteiger partial charge in [0, 0.05) is 11.4 Å². The minimum atomic E-state index is 0.148. The second kappa shape index (κ2) is 9.23. The molecule has 0 saturated heterocycles. The second-order valence-corrected chi connectivity index (χ2v) is 7.68. The van der Waals surface area contributed by atoms with Crippen molar-refractivity contribution >= 4 is 17.7 Å². The zero-order valence-electron chi connectivity index (χ0n) is 13.9. The van der Waals surface area contributed by atoms with Crippen molar-refractivity contribution in [1.82, 2.24) is 5.32 Å². The van der Waals surface area contributed by atoms with E-state index in [1.165, 1.54) is 11.1 Å². The molecule has 0 aliphatic heterocycles. The summed E-state index contributed by atoms with van der Waals surface area (Å²) in [6.45, 7) is 11.0. The molecule has 0 atom stereocenters. The zero-order chi connectivity index (χ0) is 15.7. The Hall–Kier alpha value is -0.840. The lowest BCUT2D eigenvalue weighted by Crippen LogP contribution is -2.10. The minimum Gasteiger partial charge on any atom is -0.377 e. The lowest BCUT2D eigenvalue weighted by atomic mass is 10.1. The van der Waals surface area contributed by atoms with Gasteiger partial charge in [-0.1, -0.05) is 18.2 Å². The zero-order valence-corrected chi connectivity index (χ0v) is 14.7. The number of benzene rings is 1. The Labute approximate surface area is 133 Å². The van der Waals surface area contributed by atoms with E-state index in [0.717, 1.165) is 25.3 Å². The number of nitrogens with zero attached hydrogens (tertiary/aromatic N) is 1. The summed E-state index contributed by atoms with van der Waals surface area (Å²) in [4.78, 5) is 0. The molecule has 0 unspecified atom stereocenters. The van der Waals surface area contributed by atoms with Crippen molar-refractivity contribution in [2.45, 2.75) is 45.5 Å². The average molecular weight is 308 g/mol. The number of ether oxygens (including phenoxy) is 1. The first kappa shape index (κ1) is 18.2. The third kappa shape index (κ3) is 8.24. The molecule has 0 heterocycles. The Bertz CT molecular complexity index is 452. The molecular weight excluding hydrogens is 280 g/mol. The predicted molar refractivity (Wildman–Crippen MR) is 94.2 cm³/mol. The van der Waals surface area contributed by atoms with Crippen LogP contribution < -0.4 is 5.32 Å². The van der Waals surface area contributed by atoms with Gasteiger partial charge in [-0.15, -0.1) is 0 Å². The summed E-state index contributed by atoms with van der Waals surface area (Å²) >= 11 is 1.62. The molecule has 0 spiro atoms. The van der Waals surface area contributed by atoms with Crippen LogP contribution in [0.3, 0.4) is 0 Å². The van der Waals surface area contributed by atoms with Gasteiger partial charge in [-0.05, 0) is 76.8 Å². The van der Waals surface area contributed by atoms with Gasteiger partial charge in [0.05, 0.1) is 12.3 Å². The summed E-state index contributed by atoms with van der Waals surface area (Å²) in [5.74, 6) is 0. The smallest absolute Gasteiger partial charge is 0.0717 e. The van der Waals surface area contributed by atoms with E-state index in [4.69, 9.17) is 4.74 Å². The molecule has 0 aliphatic carbocycles. The molecule has 0 amide bonds. The fourth-order valence-electron chi connectivity index (χ4n) is 1.69. The third-order valence-corrected chi connectivity index (χ3v) is 3.70. The van der Waals surface area contributed by atoms with Crippen molar-refractivity contribution < 1.29 is 4.74 Å². The lowest BCUT2D eigenvalue weighted by Gasteiger charge is -2.14. The van der Waals surface area contributed by atoms with Gasteiger partial charge in [-0.2, -0.15) is 0 Å². The first-order valence-electron chi connectivity index (χ1n) is 7.47. The molecule has 1 N–H and O–H groups in total. The van der Waals surface area contributed by atoms with E-state index in [0.29, 0.717) is 6.61 Å². The Balaban J connectivity index is 2.55. The fraction of sp³-hybridized carbons (Fsp3) is 0.588. The van der Waals surface area contributed by atoms with E-state index >= 15 is 0 Å². The molecular formula is C17H28N2OS. The maximum atomic E-state index is 5.69. The largest absolute Gasteiger partial charge is 0.377 e. The number of hydrogen-bond donors (Lipinski definition) is 1. The highest BCUT2D eigenvalue weighted by atomic mass is 32.2. The van der Waals surface area contributed by atoms with E-state index in [1.54, 1.807) is 11.9 Å². The average Bonchev–Trinajstić information content (AvgIpc) is 2.44. The predicted octanol–water partition coefficient (Wildman–Crippen LogP) is 4.07. The molecule has 0 saturated carbocycles. The standard InChI is InChI=1S/C17H28N2OS/c1-14(19-21-17(2,3)4)16-9-6-8-15(12-16)13-20-11-7-10-18-5/h6,8-9,12,18H,7,10-11,13H2,1-5H3/b19-14-. The van der Waals surface area contributed by atoms with Crippen molar-refractivity contribution in [1.29, 1.82) is 0 Å². The van der Waals surface area contributed by atoms with Crippen LogP contribution in [0, 0.1) is 0 Å². The second-order valence-electron chi connectivity index (χ2n) is 6.09. The Morgan fingerprint density at radius 3 is 2.76 bits per heavy atom. The van der Waals surface area contributed by atoms with Crippen LogP contribution in [-0.2, 0) is 11.3 Å². The van der Waals surface area contributed by atoms with Gasteiger partial charge in [0.25, 0.3) is 0 Å². The van der Waals surface area contributed by atoms with Gasteiger partial charge in [0.1, 0.15) is 0 Å². The first-order valence-corrected chi connectivity index (χ1v) is 8.24. The van der Waals surface area contributed by atoms with Crippen LogP contribution in [0.15, 0.2) is 28.7 Å². The van der Waals surface area contributed by atoms with Crippen LogP contribution in [0.4, 0.5) is 0 Å². The van der Waals surface area contributed by atoms with Gasteiger partial charge >= 0.3 is 0 Å². The Morgan fingerprint density at radius 1 is 1.33 bits per heavy atom. The molecule has 0 aliphatic rings. The maximum Gasteiger partial charge on any atom is 0.0717 e. The van der Waals surface area contributed by atoms with Crippen LogP contribution >= 0.6 is 11.9 Å². The molecule has 1 aromatic carbocycles. The summed E-state index contributed by atoms with van der Waals surface area (Å²) in [5, 5.41) is 3.12. The number of rotatable bonds is 8. The summed E-state index contributed by atoms with van der Waals surface area (Å²) in [6.07, 6.45) is 1.04. The van der Waals surface area contributed by atoms with E-state index in [9.17, 15) is 0 Å². The normalized spacial score (nSPS) is 12.7. The van der Waals surface area contributed by atoms with Gasteiger partial charge < -0.3 is 10.1 Å². The van der Waals surface area contributed by atoms with Crippen molar-refractivity contribution in [3.05, 3.63) is 35.4 Å². The Morgan fingerprint density at radius 2 is 2.10 bits per heavy atom. The molecule has 0 fully saturated rings. The van der Waals surface area contributed by atoms with Crippen molar-refractivity contribution in [2.75, 3.05) is 20.2 Å². The highest BCUT2D eigenvalue weighted by Gasteiger charge is 2.10. The van der Waals surface area contributed by atoms with E-state index in [2.05, 4.69) is 61.7 Å². The fourth-order valence-corrected chi connectivity index (χ4v) is 2.20. The molecule has 1 rings (SSSR count).